The van der Waals surface area contributed by atoms with Gasteiger partial charge >= 0.3 is 0 Å². The van der Waals surface area contributed by atoms with Crippen molar-refractivity contribution in [2.75, 3.05) is 42.9 Å². The number of pyridine rings is 1. The number of nitrogens with one attached hydrogen (secondary N) is 1. The Labute approximate surface area is 199 Å². The third-order valence-corrected chi connectivity index (χ3v) is 6.26. The summed E-state index contributed by atoms with van der Waals surface area (Å²) in [5.41, 5.74) is 5.67. The van der Waals surface area contributed by atoms with Crippen LogP contribution in [0.25, 0.3) is 10.9 Å². The molecule has 5 rings (SSSR count). The fourth-order valence-electron chi connectivity index (χ4n) is 4.43. The summed E-state index contributed by atoms with van der Waals surface area (Å²) >= 11 is 0. The Hall–Kier alpha value is -3.84. The SMILES string of the molecule is Cc1ccc2c(N3CCN(CCc4cccc(NC(=O)c5cnccn5)c4)CC3)cccc2n1. The maximum atomic E-state index is 12.3. The number of fused-ring (bicyclic) bond motifs is 1. The van der Waals surface area contributed by atoms with Crippen molar-refractivity contribution in [3.8, 4) is 0 Å². The lowest BCUT2D eigenvalue weighted by Crippen LogP contribution is -2.47. The zero-order valence-corrected chi connectivity index (χ0v) is 19.3. The first kappa shape index (κ1) is 22.0. The van der Waals surface area contributed by atoms with Crippen LogP contribution in [0.3, 0.4) is 0 Å². The molecular weight excluding hydrogens is 424 g/mol. The molecular formula is C27H28N6O. The third kappa shape index (κ3) is 5.05. The van der Waals surface area contributed by atoms with Gasteiger partial charge in [-0.15, -0.1) is 0 Å². The first-order valence-corrected chi connectivity index (χ1v) is 11.7. The minimum atomic E-state index is -0.250. The van der Waals surface area contributed by atoms with Crippen molar-refractivity contribution in [2.24, 2.45) is 0 Å². The van der Waals surface area contributed by atoms with Crippen LogP contribution in [-0.2, 0) is 6.42 Å². The number of aryl methyl sites for hydroxylation is 1. The summed E-state index contributed by atoms with van der Waals surface area (Å²) in [4.78, 5) is 30.0. The van der Waals surface area contributed by atoms with E-state index in [-0.39, 0.29) is 5.91 Å². The Morgan fingerprint density at radius 3 is 2.68 bits per heavy atom. The molecule has 2 aromatic carbocycles. The number of amides is 1. The second kappa shape index (κ2) is 9.97. The molecule has 1 aliphatic heterocycles. The van der Waals surface area contributed by atoms with Crippen molar-refractivity contribution in [3.63, 3.8) is 0 Å². The summed E-state index contributed by atoms with van der Waals surface area (Å²) in [6, 6.07) is 18.7. The number of carbonyl (C=O) groups excluding carboxylic acids is 1. The highest BCUT2D eigenvalue weighted by Crippen LogP contribution is 2.27. The first-order valence-electron chi connectivity index (χ1n) is 11.7. The fraction of sp³-hybridized carbons (Fsp3) is 0.259. The smallest absolute Gasteiger partial charge is 0.275 e. The largest absolute Gasteiger partial charge is 0.368 e. The molecule has 1 N–H and O–H groups in total. The monoisotopic (exact) mass is 452 g/mol. The lowest BCUT2D eigenvalue weighted by atomic mass is 10.1. The fourth-order valence-corrected chi connectivity index (χ4v) is 4.43. The maximum Gasteiger partial charge on any atom is 0.275 e. The quantitative estimate of drug-likeness (QED) is 0.478. The van der Waals surface area contributed by atoms with E-state index in [0.29, 0.717) is 5.69 Å². The van der Waals surface area contributed by atoms with Crippen molar-refractivity contribution in [1.82, 2.24) is 19.9 Å². The number of aromatic nitrogens is 3. The molecule has 1 saturated heterocycles. The van der Waals surface area contributed by atoms with Gasteiger partial charge in [-0.3, -0.25) is 19.7 Å². The van der Waals surface area contributed by atoms with E-state index in [0.717, 1.165) is 56.0 Å². The molecule has 0 bridgehead atoms. The van der Waals surface area contributed by atoms with Crippen molar-refractivity contribution in [3.05, 3.63) is 90.1 Å². The minimum Gasteiger partial charge on any atom is -0.368 e. The molecule has 0 aliphatic carbocycles. The van der Waals surface area contributed by atoms with Gasteiger partial charge in [0.1, 0.15) is 5.69 Å². The van der Waals surface area contributed by atoms with Crippen LogP contribution in [0, 0.1) is 6.92 Å². The highest BCUT2D eigenvalue weighted by molar-refractivity contribution is 6.02. The number of carbonyl (C=O) groups is 1. The predicted octanol–water partition coefficient (Wildman–Crippen LogP) is 3.95. The summed E-state index contributed by atoms with van der Waals surface area (Å²) in [5, 5.41) is 4.14. The number of nitrogens with zero attached hydrogens (tertiary/aromatic N) is 5. The van der Waals surface area contributed by atoms with Crippen molar-refractivity contribution < 1.29 is 4.79 Å². The van der Waals surface area contributed by atoms with Gasteiger partial charge in [0, 0.05) is 67.6 Å². The molecule has 0 unspecified atom stereocenters. The number of benzene rings is 2. The number of anilines is 2. The molecule has 34 heavy (non-hydrogen) atoms. The van der Waals surface area contributed by atoms with E-state index in [1.807, 2.05) is 25.1 Å². The van der Waals surface area contributed by atoms with E-state index >= 15 is 0 Å². The van der Waals surface area contributed by atoms with Crippen LogP contribution in [0.15, 0.2) is 73.2 Å². The Morgan fingerprint density at radius 1 is 1.00 bits per heavy atom. The van der Waals surface area contributed by atoms with Gasteiger partial charge in [0.15, 0.2) is 0 Å². The molecule has 1 aliphatic rings. The van der Waals surface area contributed by atoms with Gasteiger partial charge in [-0.05, 0) is 55.3 Å². The van der Waals surface area contributed by atoms with Gasteiger partial charge < -0.3 is 10.2 Å². The third-order valence-electron chi connectivity index (χ3n) is 6.26. The van der Waals surface area contributed by atoms with Crippen LogP contribution in [-0.4, -0.2) is 58.5 Å². The summed E-state index contributed by atoms with van der Waals surface area (Å²) < 4.78 is 0. The van der Waals surface area contributed by atoms with Gasteiger partial charge in [-0.2, -0.15) is 0 Å². The Bertz CT molecular complexity index is 1280. The van der Waals surface area contributed by atoms with Crippen LogP contribution in [0.2, 0.25) is 0 Å². The summed E-state index contributed by atoms with van der Waals surface area (Å²) in [5.74, 6) is -0.250. The van der Waals surface area contributed by atoms with E-state index in [2.05, 4.69) is 66.5 Å². The molecule has 172 valence electrons. The zero-order chi connectivity index (χ0) is 23.3. The maximum absolute atomic E-state index is 12.3. The Balaban J connectivity index is 1.16. The first-order chi connectivity index (χ1) is 16.7. The molecule has 2 aromatic heterocycles. The molecule has 0 atom stereocenters. The standard InChI is InChI=1S/C27H28N6O/c1-20-8-9-23-24(30-20)6-3-7-26(23)33-16-14-32(15-17-33)13-10-21-4-2-5-22(18-21)31-27(34)25-19-28-11-12-29-25/h2-9,11-12,18-19H,10,13-17H2,1H3,(H,31,34). The summed E-state index contributed by atoms with van der Waals surface area (Å²) in [6.45, 7) is 7.08. The topological polar surface area (TPSA) is 74.2 Å². The molecule has 3 heterocycles. The van der Waals surface area contributed by atoms with Crippen LogP contribution >= 0.6 is 0 Å². The molecule has 7 nitrogen and oxygen atoms in total. The number of hydrogen-bond donors (Lipinski definition) is 1. The van der Waals surface area contributed by atoms with Gasteiger partial charge in [-0.1, -0.05) is 18.2 Å². The van der Waals surface area contributed by atoms with Crippen LogP contribution in [0.4, 0.5) is 11.4 Å². The molecule has 0 spiro atoms. The molecule has 1 fully saturated rings. The molecule has 0 radical (unpaired) electrons. The van der Waals surface area contributed by atoms with Crippen molar-refractivity contribution >= 4 is 28.2 Å². The average molecular weight is 453 g/mol. The zero-order valence-electron chi connectivity index (χ0n) is 19.3. The normalized spacial score (nSPS) is 14.3. The highest BCUT2D eigenvalue weighted by Gasteiger charge is 2.19. The van der Waals surface area contributed by atoms with Crippen molar-refractivity contribution in [2.45, 2.75) is 13.3 Å². The number of rotatable bonds is 6. The van der Waals surface area contributed by atoms with Gasteiger partial charge in [-0.25, -0.2) is 4.98 Å². The van der Waals surface area contributed by atoms with Gasteiger partial charge in [0.25, 0.3) is 5.91 Å². The highest BCUT2D eigenvalue weighted by atomic mass is 16.1. The second-order valence-corrected chi connectivity index (χ2v) is 8.62. The lowest BCUT2D eigenvalue weighted by molar-refractivity contribution is 0.102. The summed E-state index contributed by atoms with van der Waals surface area (Å²) in [7, 11) is 0. The average Bonchev–Trinajstić information content (AvgIpc) is 2.88. The predicted molar refractivity (Wildman–Crippen MR) is 135 cm³/mol. The number of piperazine rings is 1. The van der Waals surface area contributed by atoms with Gasteiger partial charge in [0.2, 0.25) is 0 Å². The molecule has 4 aromatic rings. The Kier molecular flexibility index (Phi) is 6.44. The van der Waals surface area contributed by atoms with E-state index in [9.17, 15) is 4.79 Å². The summed E-state index contributed by atoms with van der Waals surface area (Å²) in [6.07, 6.45) is 5.47. The molecule has 7 heteroatoms. The number of hydrogen-bond acceptors (Lipinski definition) is 6. The van der Waals surface area contributed by atoms with E-state index in [1.54, 1.807) is 6.20 Å². The van der Waals surface area contributed by atoms with Gasteiger partial charge in [0.05, 0.1) is 11.7 Å². The molecule has 0 saturated carbocycles. The van der Waals surface area contributed by atoms with Crippen LogP contribution < -0.4 is 10.2 Å². The lowest BCUT2D eigenvalue weighted by Gasteiger charge is -2.36. The van der Waals surface area contributed by atoms with Crippen LogP contribution in [0.1, 0.15) is 21.7 Å². The van der Waals surface area contributed by atoms with E-state index in [4.69, 9.17) is 0 Å². The minimum absolute atomic E-state index is 0.250. The van der Waals surface area contributed by atoms with E-state index in [1.165, 1.54) is 29.0 Å². The molecule has 1 amide bonds. The Morgan fingerprint density at radius 2 is 1.85 bits per heavy atom. The van der Waals surface area contributed by atoms with E-state index < -0.39 is 0 Å². The van der Waals surface area contributed by atoms with Crippen molar-refractivity contribution in [1.29, 1.82) is 0 Å². The second-order valence-electron chi connectivity index (χ2n) is 8.62. The van der Waals surface area contributed by atoms with Crippen LogP contribution in [0.5, 0.6) is 0 Å².